The van der Waals surface area contributed by atoms with Crippen LogP contribution in [0.3, 0.4) is 0 Å². The SMILES string of the molecule is CN(C)c1cc[n+](Cc2cc(OCc3ccccc3)cc(OCc3ccccc3)c2)cc1. The van der Waals surface area contributed by atoms with Crippen LogP contribution in [0.4, 0.5) is 5.69 Å². The molecule has 4 aromatic rings. The molecule has 0 radical (unpaired) electrons. The van der Waals surface area contributed by atoms with E-state index in [2.05, 4.69) is 70.4 Å². The molecule has 4 heteroatoms. The highest BCUT2D eigenvalue weighted by molar-refractivity contribution is 5.42. The van der Waals surface area contributed by atoms with E-state index in [1.165, 1.54) is 5.69 Å². The van der Waals surface area contributed by atoms with Gasteiger partial charge in [0.25, 0.3) is 0 Å². The zero-order chi connectivity index (χ0) is 22.2. The van der Waals surface area contributed by atoms with Crippen LogP contribution in [0.25, 0.3) is 0 Å². The van der Waals surface area contributed by atoms with E-state index in [9.17, 15) is 0 Å². The minimum absolute atomic E-state index is 0.521. The van der Waals surface area contributed by atoms with Crippen LogP contribution in [0, 0.1) is 0 Å². The molecule has 0 aliphatic heterocycles. The normalized spacial score (nSPS) is 10.6. The molecular formula is C28H29N2O2+. The van der Waals surface area contributed by atoms with Crippen molar-refractivity contribution in [3.8, 4) is 11.5 Å². The number of pyridine rings is 1. The van der Waals surface area contributed by atoms with Crippen molar-refractivity contribution in [2.75, 3.05) is 19.0 Å². The summed E-state index contributed by atoms with van der Waals surface area (Å²) in [6.07, 6.45) is 4.19. The summed E-state index contributed by atoms with van der Waals surface area (Å²) >= 11 is 0. The summed E-state index contributed by atoms with van der Waals surface area (Å²) in [6, 6.07) is 30.8. The van der Waals surface area contributed by atoms with Crippen molar-refractivity contribution in [3.63, 3.8) is 0 Å². The predicted octanol–water partition coefficient (Wildman–Crippen LogP) is 5.25. The number of benzene rings is 3. The summed E-state index contributed by atoms with van der Waals surface area (Å²) in [6.45, 7) is 1.78. The van der Waals surface area contributed by atoms with Gasteiger partial charge in [-0.05, 0) is 23.3 Å². The molecule has 4 nitrogen and oxygen atoms in total. The first-order valence-corrected chi connectivity index (χ1v) is 10.8. The van der Waals surface area contributed by atoms with Crippen molar-refractivity contribution in [3.05, 3.63) is 120 Å². The van der Waals surface area contributed by atoms with Crippen LogP contribution in [-0.4, -0.2) is 14.1 Å². The molecule has 32 heavy (non-hydrogen) atoms. The molecule has 0 aliphatic carbocycles. The van der Waals surface area contributed by atoms with E-state index in [4.69, 9.17) is 9.47 Å². The average Bonchev–Trinajstić information content (AvgIpc) is 2.83. The molecule has 162 valence electrons. The maximum atomic E-state index is 6.12. The number of ether oxygens (including phenoxy) is 2. The van der Waals surface area contributed by atoms with Crippen LogP contribution in [0.1, 0.15) is 16.7 Å². The van der Waals surface area contributed by atoms with Gasteiger partial charge in [0.05, 0.1) is 0 Å². The standard InChI is InChI=1S/C28H29N2O2/c1-29(2)26-13-15-30(16-14-26)20-25-17-27(31-21-23-9-5-3-6-10-23)19-28(18-25)32-22-24-11-7-4-8-12-24/h3-19H,20-22H2,1-2H3/q+1. The molecule has 4 rings (SSSR count). The molecule has 0 bridgehead atoms. The van der Waals surface area contributed by atoms with Gasteiger partial charge < -0.3 is 14.4 Å². The summed E-state index contributed by atoms with van der Waals surface area (Å²) in [7, 11) is 4.09. The van der Waals surface area contributed by atoms with Crippen molar-refractivity contribution in [2.24, 2.45) is 0 Å². The molecule has 0 unspecified atom stereocenters. The Kier molecular flexibility index (Phi) is 7.03. The lowest BCUT2D eigenvalue weighted by Gasteiger charge is -2.13. The number of hydrogen-bond acceptors (Lipinski definition) is 3. The first kappa shape index (κ1) is 21.4. The van der Waals surface area contributed by atoms with Crippen molar-refractivity contribution in [1.29, 1.82) is 0 Å². The fourth-order valence-electron chi connectivity index (χ4n) is 3.43. The smallest absolute Gasteiger partial charge is 0.174 e. The highest BCUT2D eigenvalue weighted by Crippen LogP contribution is 2.25. The third kappa shape index (κ3) is 6.11. The number of anilines is 1. The Hall–Kier alpha value is -3.79. The van der Waals surface area contributed by atoms with E-state index in [1.807, 2.05) is 56.6 Å². The molecular weight excluding hydrogens is 396 g/mol. The third-order valence-electron chi connectivity index (χ3n) is 5.19. The average molecular weight is 426 g/mol. The third-order valence-corrected chi connectivity index (χ3v) is 5.19. The summed E-state index contributed by atoms with van der Waals surface area (Å²) in [5.41, 5.74) is 4.57. The molecule has 0 spiro atoms. The lowest BCUT2D eigenvalue weighted by Crippen LogP contribution is -2.33. The van der Waals surface area contributed by atoms with Gasteiger partial charge in [-0.25, -0.2) is 4.57 Å². The van der Waals surface area contributed by atoms with Crippen molar-refractivity contribution < 1.29 is 14.0 Å². The maximum Gasteiger partial charge on any atom is 0.174 e. The molecule has 0 amide bonds. The highest BCUT2D eigenvalue weighted by Gasteiger charge is 2.10. The van der Waals surface area contributed by atoms with E-state index in [-0.39, 0.29) is 0 Å². The Morgan fingerprint density at radius 3 is 1.59 bits per heavy atom. The maximum absolute atomic E-state index is 6.12. The number of rotatable bonds is 9. The molecule has 0 aliphatic rings. The van der Waals surface area contributed by atoms with E-state index < -0.39 is 0 Å². The van der Waals surface area contributed by atoms with Crippen molar-refractivity contribution in [2.45, 2.75) is 19.8 Å². The van der Waals surface area contributed by atoms with Crippen molar-refractivity contribution in [1.82, 2.24) is 0 Å². The Morgan fingerprint density at radius 2 is 1.12 bits per heavy atom. The molecule has 0 saturated heterocycles. The fourth-order valence-corrected chi connectivity index (χ4v) is 3.43. The van der Waals surface area contributed by atoms with E-state index in [0.717, 1.165) is 34.7 Å². The Labute approximate surface area is 190 Å². The molecule has 1 aromatic heterocycles. The van der Waals surface area contributed by atoms with Gasteiger partial charge in [-0.15, -0.1) is 0 Å². The van der Waals surface area contributed by atoms with Crippen molar-refractivity contribution >= 4 is 5.69 Å². The van der Waals surface area contributed by atoms with Crippen LogP contribution in [-0.2, 0) is 19.8 Å². The zero-order valence-electron chi connectivity index (χ0n) is 18.6. The lowest BCUT2D eigenvalue weighted by molar-refractivity contribution is -0.688. The van der Waals surface area contributed by atoms with Crippen LogP contribution in [0.2, 0.25) is 0 Å². The molecule has 0 N–H and O–H groups in total. The fraction of sp³-hybridized carbons (Fsp3) is 0.179. The molecule has 0 fully saturated rings. The van der Waals surface area contributed by atoms with E-state index >= 15 is 0 Å². The van der Waals surface area contributed by atoms with Gasteiger partial charge in [0.1, 0.15) is 24.7 Å². The van der Waals surface area contributed by atoms with E-state index in [0.29, 0.717) is 13.2 Å². The van der Waals surface area contributed by atoms with Gasteiger partial charge in [0, 0.05) is 43.5 Å². The second kappa shape index (κ2) is 10.5. The van der Waals surface area contributed by atoms with Gasteiger partial charge in [-0.1, -0.05) is 60.7 Å². The first-order chi connectivity index (χ1) is 15.7. The summed E-state index contributed by atoms with van der Waals surface area (Å²) in [4.78, 5) is 2.10. The monoisotopic (exact) mass is 425 g/mol. The van der Waals surface area contributed by atoms with Crippen LogP contribution in [0.15, 0.2) is 103 Å². The van der Waals surface area contributed by atoms with Gasteiger partial charge in [0.15, 0.2) is 18.9 Å². The summed E-state index contributed by atoms with van der Waals surface area (Å²) in [5.74, 6) is 1.61. The Bertz CT molecular complexity index is 1050. The quantitative estimate of drug-likeness (QED) is 0.343. The Morgan fingerprint density at radius 1 is 0.625 bits per heavy atom. The van der Waals surface area contributed by atoms with Crippen LogP contribution < -0.4 is 18.9 Å². The van der Waals surface area contributed by atoms with Crippen LogP contribution >= 0.6 is 0 Å². The first-order valence-electron chi connectivity index (χ1n) is 10.8. The molecule has 1 heterocycles. The van der Waals surface area contributed by atoms with Gasteiger partial charge in [-0.2, -0.15) is 0 Å². The van der Waals surface area contributed by atoms with Gasteiger partial charge >= 0.3 is 0 Å². The Balaban J connectivity index is 1.52. The van der Waals surface area contributed by atoms with Gasteiger partial charge in [0.2, 0.25) is 0 Å². The van der Waals surface area contributed by atoms with E-state index in [1.54, 1.807) is 0 Å². The second-order valence-corrected chi connectivity index (χ2v) is 7.98. The molecule has 3 aromatic carbocycles. The summed E-state index contributed by atoms with van der Waals surface area (Å²) in [5, 5.41) is 0. The van der Waals surface area contributed by atoms with Crippen LogP contribution in [0.5, 0.6) is 11.5 Å². The molecule has 0 saturated carbocycles. The molecule has 0 atom stereocenters. The lowest BCUT2D eigenvalue weighted by atomic mass is 10.2. The summed E-state index contributed by atoms with van der Waals surface area (Å²) < 4.78 is 14.4. The largest absolute Gasteiger partial charge is 0.489 e. The zero-order valence-corrected chi connectivity index (χ0v) is 18.6. The topological polar surface area (TPSA) is 25.6 Å². The second-order valence-electron chi connectivity index (χ2n) is 7.98. The number of nitrogens with zero attached hydrogens (tertiary/aromatic N) is 2. The number of hydrogen-bond donors (Lipinski definition) is 0. The minimum atomic E-state index is 0.521. The van der Waals surface area contributed by atoms with Gasteiger partial charge in [-0.3, -0.25) is 0 Å². The predicted molar refractivity (Wildman–Crippen MR) is 128 cm³/mol. The number of aromatic nitrogens is 1. The highest BCUT2D eigenvalue weighted by atomic mass is 16.5. The minimum Gasteiger partial charge on any atom is -0.489 e.